The summed E-state index contributed by atoms with van der Waals surface area (Å²) in [6, 6.07) is 12.6. The Kier molecular flexibility index (Phi) is 5.63. The van der Waals surface area contributed by atoms with Crippen LogP contribution in [0.2, 0.25) is 5.02 Å². The summed E-state index contributed by atoms with van der Waals surface area (Å²) < 4.78 is 7.35. The molecule has 2 aliphatic rings. The molecule has 174 valence electrons. The Morgan fingerprint density at radius 3 is 2.62 bits per heavy atom. The summed E-state index contributed by atoms with van der Waals surface area (Å²) in [5, 5.41) is 15.3. The van der Waals surface area contributed by atoms with Crippen LogP contribution in [0.1, 0.15) is 22.5 Å². The van der Waals surface area contributed by atoms with Crippen molar-refractivity contribution in [2.24, 2.45) is 0 Å². The monoisotopic (exact) mass is 478 g/mol. The van der Waals surface area contributed by atoms with E-state index in [1.165, 1.54) is 0 Å². The summed E-state index contributed by atoms with van der Waals surface area (Å²) in [5.74, 6) is -0.187. The summed E-state index contributed by atoms with van der Waals surface area (Å²) in [6.45, 7) is 6.23. The van der Waals surface area contributed by atoms with Crippen LogP contribution in [0.5, 0.6) is 0 Å². The van der Waals surface area contributed by atoms with Gasteiger partial charge in [-0.05, 0) is 55.8 Å². The number of carbonyl (C=O) groups excluding carboxylic acids is 1. The highest BCUT2D eigenvalue weighted by Gasteiger charge is 2.26. The smallest absolute Gasteiger partial charge is 0.294 e. The number of halogens is 1. The number of aryl methyl sites for hydroxylation is 1. The highest BCUT2D eigenvalue weighted by Crippen LogP contribution is 2.37. The minimum atomic E-state index is -0.337. The molecule has 0 saturated carbocycles. The number of carbonyl (C=O) groups is 1. The van der Waals surface area contributed by atoms with Crippen LogP contribution in [0.4, 0.5) is 17.1 Å². The molecule has 1 fully saturated rings. The molecule has 0 unspecified atom stereocenters. The lowest BCUT2D eigenvalue weighted by molar-refractivity contribution is -0.384. The third-order valence-electron chi connectivity index (χ3n) is 6.30. The van der Waals surface area contributed by atoms with Crippen LogP contribution < -0.4 is 10.2 Å². The lowest BCUT2D eigenvalue weighted by atomic mass is 10.0. The van der Waals surface area contributed by atoms with E-state index in [9.17, 15) is 14.9 Å². The van der Waals surface area contributed by atoms with Gasteiger partial charge in [0.05, 0.1) is 29.5 Å². The first-order valence-corrected chi connectivity index (χ1v) is 11.3. The molecule has 3 aromatic rings. The van der Waals surface area contributed by atoms with Crippen molar-refractivity contribution < 1.29 is 14.5 Å². The van der Waals surface area contributed by atoms with Crippen molar-refractivity contribution >= 4 is 46.2 Å². The molecule has 0 atom stereocenters. The predicted molar refractivity (Wildman–Crippen MR) is 133 cm³/mol. The normalized spacial score (nSPS) is 16.6. The zero-order valence-electron chi connectivity index (χ0n) is 18.8. The number of fused-ring (bicyclic) bond motifs is 1. The highest BCUT2D eigenvalue weighted by atomic mass is 35.5. The van der Waals surface area contributed by atoms with Crippen molar-refractivity contribution in [1.82, 2.24) is 4.57 Å². The van der Waals surface area contributed by atoms with E-state index in [2.05, 4.69) is 5.32 Å². The lowest BCUT2D eigenvalue weighted by Gasteiger charge is -2.28. The first kappa shape index (κ1) is 22.2. The zero-order valence-corrected chi connectivity index (χ0v) is 19.6. The van der Waals surface area contributed by atoms with Gasteiger partial charge >= 0.3 is 0 Å². The van der Waals surface area contributed by atoms with Crippen LogP contribution in [0, 0.1) is 24.0 Å². The van der Waals surface area contributed by atoms with Gasteiger partial charge in [0.25, 0.3) is 11.6 Å². The Hall–Kier alpha value is -3.62. The summed E-state index contributed by atoms with van der Waals surface area (Å²) in [7, 11) is 0. The van der Waals surface area contributed by atoms with Crippen LogP contribution in [0.15, 0.2) is 42.5 Å². The number of benzene rings is 2. The minimum Gasteiger partial charge on any atom is -0.378 e. The molecule has 0 aliphatic carbocycles. The quantitative estimate of drug-likeness (QED) is 0.324. The molecule has 1 amide bonds. The first-order valence-electron chi connectivity index (χ1n) is 11.0. The number of hydrogen-bond acceptors (Lipinski definition) is 5. The molecule has 0 bridgehead atoms. The second kappa shape index (κ2) is 8.62. The molecule has 9 heteroatoms. The molecule has 8 nitrogen and oxygen atoms in total. The van der Waals surface area contributed by atoms with Gasteiger partial charge in [0, 0.05) is 46.7 Å². The summed E-state index contributed by atoms with van der Waals surface area (Å²) in [6.07, 6.45) is 1.85. The van der Waals surface area contributed by atoms with E-state index >= 15 is 0 Å². The fraction of sp³-hybridized carbons (Fsp3) is 0.240. The second-order valence-corrected chi connectivity index (χ2v) is 8.83. The number of nitrogens with one attached hydrogen (secondary N) is 1. The third-order valence-corrected chi connectivity index (χ3v) is 6.54. The van der Waals surface area contributed by atoms with E-state index in [4.69, 9.17) is 16.3 Å². The van der Waals surface area contributed by atoms with Gasteiger partial charge in [0.15, 0.2) is 0 Å². The summed E-state index contributed by atoms with van der Waals surface area (Å²) in [4.78, 5) is 26.2. The molecule has 3 heterocycles. The maximum atomic E-state index is 12.6. The fourth-order valence-electron chi connectivity index (χ4n) is 4.67. The highest BCUT2D eigenvalue weighted by molar-refractivity contribution is 6.36. The third kappa shape index (κ3) is 3.85. The number of aromatic nitrogens is 1. The largest absolute Gasteiger partial charge is 0.378 e. The van der Waals surface area contributed by atoms with E-state index in [0.29, 0.717) is 54.0 Å². The fourth-order valence-corrected chi connectivity index (χ4v) is 4.84. The van der Waals surface area contributed by atoms with Gasteiger partial charge in [-0.2, -0.15) is 0 Å². The number of hydrogen-bond donors (Lipinski definition) is 1. The number of nitro benzene ring substituents is 1. The molecular formula is C25H23ClN4O4. The molecule has 2 aromatic carbocycles. The van der Waals surface area contributed by atoms with Gasteiger partial charge in [-0.1, -0.05) is 17.7 Å². The van der Waals surface area contributed by atoms with Crippen molar-refractivity contribution in [3.8, 4) is 5.69 Å². The predicted octanol–water partition coefficient (Wildman–Crippen LogP) is 4.99. The van der Waals surface area contributed by atoms with Crippen molar-refractivity contribution in [3.05, 3.63) is 80.1 Å². The maximum absolute atomic E-state index is 12.6. The molecule has 1 aromatic heterocycles. The topological polar surface area (TPSA) is 89.6 Å². The number of ether oxygens (including phenoxy) is 1. The zero-order chi connectivity index (χ0) is 24.0. The Bertz CT molecular complexity index is 1360. The lowest BCUT2D eigenvalue weighted by Crippen LogP contribution is -2.36. The molecule has 1 saturated heterocycles. The van der Waals surface area contributed by atoms with Gasteiger partial charge in [-0.25, -0.2) is 0 Å². The van der Waals surface area contributed by atoms with Crippen LogP contribution >= 0.6 is 11.6 Å². The Balaban J connectivity index is 1.55. The molecule has 1 N–H and O–H groups in total. The number of anilines is 2. The molecule has 34 heavy (non-hydrogen) atoms. The molecular weight excluding hydrogens is 456 g/mol. The molecule has 5 rings (SSSR count). The van der Waals surface area contributed by atoms with Crippen molar-refractivity contribution in [2.45, 2.75) is 13.8 Å². The van der Waals surface area contributed by atoms with Gasteiger partial charge in [0.1, 0.15) is 5.69 Å². The van der Waals surface area contributed by atoms with Crippen LogP contribution in [-0.4, -0.2) is 41.7 Å². The van der Waals surface area contributed by atoms with Crippen molar-refractivity contribution in [3.63, 3.8) is 0 Å². The number of nitro groups is 1. The molecule has 2 aliphatic heterocycles. The first-order chi connectivity index (χ1) is 16.3. The van der Waals surface area contributed by atoms with E-state index in [1.807, 2.05) is 47.6 Å². The standard InChI is InChI=1S/C25H23ClN4O4/c1-15-11-17(12-21-20-5-3-18(26)13-22(20)27-25(21)31)16(2)29(15)19-4-6-23(24(14-19)30(32)33)28-7-9-34-10-8-28/h3-6,11-14H,7-10H2,1-2H3,(H,27,31)/b21-12+. The SMILES string of the molecule is Cc1cc(/C=C2/C(=O)Nc3cc(Cl)ccc32)c(C)n1-c1ccc(N2CCOCC2)c([N+](=O)[O-])c1. The maximum Gasteiger partial charge on any atom is 0.294 e. The average Bonchev–Trinajstić information content (AvgIpc) is 3.28. The Morgan fingerprint density at radius 2 is 1.88 bits per heavy atom. The second-order valence-electron chi connectivity index (χ2n) is 8.39. The number of amides is 1. The Morgan fingerprint density at radius 1 is 1.12 bits per heavy atom. The van der Waals surface area contributed by atoms with E-state index < -0.39 is 0 Å². The minimum absolute atomic E-state index is 0.0628. The van der Waals surface area contributed by atoms with E-state index in [0.717, 1.165) is 22.5 Å². The average molecular weight is 479 g/mol. The van der Waals surface area contributed by atoms with Crippen LogP contribution in [-0.2, 0) is 9.53 Å². The number of nitrogens with zero attached hydrogens (tertiary/aromatic N) is 3. The van der Waals surface area contributed by atoms with Gasteiger partial charge < -0.3 is 19.5 Å². The van der Waals surface area contributed by atoms with Crippen molar-refractivity contribution in [1.29, 1.82) is 0 Å². The summed E-state index contributed by atoms with van der Waals surface area (Å²) in [5.41, 5.74) is 6.06. The molecule has 0 spiro atoms. The van der Waals surface area contributed by atoms with Gasteiger partial charge in [0.2, 0.25) is 0 Å². The van der Waals surface area contributed by atoms with Crippen LogP contribution in [0.25, 0.3) is 17.3 Å². The van der Waals surface area contributed by atoms with Crippen LogP contribution in [0.3, 0.4) is 0 Å². The molecule has 0 radical (unpaired) electrons. The van der Waals surface area contributed by atoms with E-state index in [1.54, 1.807) is 24.3 Å². The van der Waals surface area contributed by atoms with Gasteiger partial charge in [-0.15, -0.1) is 0 Å². The van der Waals surface area contributed by atoms with Crippen molar-refractivity contribution in [2.75, 3.05) is 36.5 Å². The number of morpholine rings is 1. The number of rotatable bonds is 4. The summed E-state index contributed by atoms with van der Waals surface area (Å²) >= 11 is 6.06. The Labute approximate surface area is 201 Å². The van der Waals surface area contributed by atoms with Gasteiger partial charge in [-0.3, -0.25) is 14.9 Å². The van der Waals surface area contributed by atoms with E-state index in [-0.39, 0.29) is 16.5 Å².